The van der Waals surface area contributed by atoms with E-state index >= 15 is 0 Å². The zero-order valence-corrected chi connectivity index (χ0v) is 13.8. The molecule has 1 aromatic heterocycles. The highest BCUT2D eigenvalue weighted by molar-refractivity contribution is 5.44. The third-order valence-electron chi connectivity index (χ3n) is 4.23. The van der Waals surface area contributed by atoms with E-state index in [-0.39, 0.29) is 6.04 Å². The lowest BCUT2D eigenvalue weighted by Gasteiger charge is -2.24. The number of pyridine rings is 1. The molecule has 2 heteroatoms. The first-order chi connectivity index (χ1) is 10.1. The Balaban J connectivity index is 2.56. The van der Waals surface area contributed by atoms with Crippen molar-refractivity contribution in [2.45, 2.75) is 47.1 Å². The van der Waals surface area contributed by atoms with Gasteiger partial charge in [0.2, 0.25) is 0 Å². The summed E-state index contributed by atoms with van der Waals surface area (Å²) in [4.78, 5) is 4.28. The minimum atomic E-state index is 0.243. The van der Waals surface area contributed by atoms with E-state index < -0.39 is 0 Å². The molecule has 2 rings (SSSR count). The summed E-state index contributed by atoms with van der Waals surface area (Å²) in [6.07, 6.45) is 4.90. The van der Waals surface area contributed by atoms with E-state index in [0.717, 1.165) is 13.0 Å². The van der Waals surface area contributed by atoms with Gasteiger partial charge in [0.05, 0.1) is 6.04 Å². The van der Waals surface area contributed by atoms with Crippen molar-refractivity contribution in [3.8, 4) is 0 Å². The van der Waals surface area contributed by atoms with Crippen molar-refractivity contribution in [3.05, 3.63) is 64.0 Å². The molecule has 1 aromatic carbocycles. The average molecular weight is 282 g/mol. The van der Waals surface area contributed by atoms with Gasteiger partial charge in [-0.15, -0.1) is 0 Å². The molecule has 2 aromatic rings. The molecular formula is C19H26N2. The van der Waals surface area contributed by atoms with E-state index in [2.05, 4.69) is 63.1 Å². The average Bonchev–Trinajstić information content (AvgIpc) is 2.49. The van der Waals surface area contributed by atoms with Crippen LogP contribution in [0.1, 0.15) is 53.3 Å². The van der Waals surface area contributed by atoms with Gasteiger partial charge >= 0.3 is 0 Å². The fourth-order valence-corrected chi connectivity index (χ4v) is 2.90. The molecule has 0 aliphatic rings. The molecule has 1 unspecified atom stereocenters. The summed E-state index contributed by atoms with van der Waals surface area (Å²) < 4.78 is 0. The second-order valence-electron chi connectivity index (χ2n) is 5.71. The third kappa shape index (κ3) is 3.33. The van der Waals surface area contributed by atoms with Crippen molar-refractivity contribution in [2.75, 3.05) is 6.54 Å². The van der Waals surface area contributed by atoms with Crippen molar-refractivity contribution in [1.29, 1.82) is 0 Å². The molecule has 0 bridgehead atoms. The first-order valence-corrected chi connectivity index (χ1v) is 7.82. The minimum Gasteiger partial charge on any atom is -0.307 e. The fraction of sp³-hybridized carbons (Fsp3) is 0.421. The molecule has 0 spiro atoms. The number of hydrogen-bond acceptors (Lipinski definition) is 2. The molecule has 0 saturated carbocycles. The number of rotatable bonds is 5. The Morgan fingerprint density at radius 3 is 2.38 bits per heavy atom. The Bertz CT molecular complexity index is 617. The smallest absolute Gasteiger partial charge is 0.0583 e. The van der Waals surface area contributed by atoms with E-state index in [0.29, 0.717) is 0 Å². The van der Waals surface area contributed by atoms with Gasteiger partial charge in [-0.25, -0.2) is 0 Å². The molecule has 1 heterocycles. The SMILES string of the molecule is CCNC(c1cc(C)c(C)cc1C)c1ccncc1CC. The zero-order valence-electron chi connectivity index (χ0n) is 13.8. The van der Waals surface area contributed by atoms with Crippen LogP contribution in [0.3, 0.4) is 0 Å². The molecule has 21 heavy (non-hydrogen) atoms. The summed E-state index contributed by atoms with van der Waals surface area (Å²) >= 11 is 0. The summed E-state index contributed by atoms with van der Waals surface area (Å²) in [5, 5.41) is 3.65. The fourth-order valence-electron chi connectivity index (χ4n) is 2.90. The van der Waals surface area contributed by atoms with Crippen LogP contribution in [0.2, 0.25) is 0 Å². The lowest BCUT2D eigenvalue weighted by atomic mass is 9.89. The van der Waals surface area contributed by atoms with Crippen LogP contribution in [0.5, 0.6) is 0 Å². The monoisotopic (exact) mass is 282 g/mol. The quantitative estimate of drug-likeness (QED) is 0.886. The van der Waals surface area contributed by atoms with Gasteiger partial charge in [0.25, 0.3) is 0 Å². The van der Waals surface area contributed by atoms with Gasteiger partial charge in [0, 0.05) is 12.4 Å². The normalized spacial score (nSPS) is 12.4. The standard InChI is InChI=1S/C19H26N2/c1-6-16-12-20-9-8-17(16)19(21-7-2)18-11-14(4)13(3)10-15(18)5/h8-12,19,21H,6-7H2,1-5H3. The first kappa shape index (κ1) is 15.7. The molecule has 1 atom stereocenters. The molecule has 112 valence electrons. The molecule has 0 amide bonds. The molecular weight excluding hydrogens is 256 g/mol. The van der Waals surface area contributed by atoms with Gasteiger partial charge in [-0.3, -0.25) is 4.98 Å². The van der Waals surface area contributed by atoms with Gasteiger partial charge in [-0.2, -0.15) is 0 Å². The topological polar surface area (TPSA) is 24.9 Å². The maximum atomic E-state index is 4.28. The highest BCUT2D eigenvalue weighted by Gasteiger charge is 2.18. The van der Waals surface area contributed by atoms with Crippen molar-refractivity contribution in [1.82, 2.24) is 10.3 Å². The van der Waals surface area contributed by atoms with E-state index in [4.69, 9.17) is 0 Å². The molecule has 1 N–H and O–H groups in total. The molecule has 0 saturated heterocycles. The molecule has 0 radical (unpaired) electrons. The maximum Gasteiger partial charge on any atom is 0.0583 e. The summed E-state index contributed by atoms with van der Waals surface area (Å²) in [7, 11) is 0. The van der Waals surface area contributed by atoms with E-state index in [1.807, 2.05) is 12.4 Å². The van der Waals surface area contributed by atoms with E-state index in [1.54, 1.807) is 0 Å². The maximum absolute atomic E-state index is 4.28. The molecule has 0 aliphatic heterocycles. The number of hydrogen-bond donors (Lipinski definition) is 1. The minimum absolute atomic E-state index is 0.243. The van der Waals surface area contributed by atoms with Crippen LogP contribution in [-0.2, 0) is 6.42 Å². The van der Waals surface area contributed by atoms with Crippen molar-refractivity contribution >= 4 is 0 Å². The summed E-state index contributed by atoms with van der Waals surface area (Å²) in [6.45, 7) is 11.9. The Morgan fingerprint density at radius 2 is 1.71 bits per heavy atom. The highest BCUT2D eigenvalue weighted by atomic mass is 14.9. The van der Waals surface area contributed by atoms with Gasteiger partial charge in [0.1, 0.15) is 0 Å². The van der Waals surface area contributed by atoms with Crippen LogP contribution in [0.25, 0.3) is 0 Å². The third-order valence-corrected chi connectivity index (χ3v) is 4.23. The van der Waals surface area contributed by atoms with Crippen LogP contribution in [0, 0.1) is 20.8 Å². The largest absolute Gasteiger partial charge is 0.307 e. The number of benzene rings is 1. The van der Waals surface area contributed by atoms with Crippen LogP contribution in [0.15, 0.2) is 30.6 Å². The second kappa shape index (κ2) is 6.86. The van der Waals surface area contributed by atoms with Crippen LogP contribution < -0.4 is 5.32 Å². The van der Waals surface area contributed by atoms with Crippen molar-refractivity contribution in [2.24, 2.45) is 0 Å². The number of aryl methyl sites for hydroxylation is 4. The molecule has 0 fully saturated rings. The molecule has 0 aliphatic carbocycles. The van der Waals surface area contributed by atoms with Crippen molar-refractivity contribution in [3.63, 3.8) is 0 Å². The number of nitrogens with one attached hydrogen (secondary N) is 1. The zero-order chi connectivity index (χ0) is 15.4. The molecule has 2 nitrogen and oxygen atoms in total. The summed E-state index contributed by atoms with van der Waals surface area (Å²) in [5.74, 6) is 0. The Kier molecular flexibility index (Phi) is 5.13. The van der Waals surface area contributed by atoms with Crippen molar-refractivity contribution < 1.29 is 0 Å². The first-order valence-electron chi connectivity index (χ1n) is 7.82. The Morgan fingerprint density at radius 1 is 1.00 bits per heavy atom. The van der Waals surface area contributed by atoms with Crippen LogP contribution in [0.4, 0.5) is 0 Å². The van der Waals surface area contributed by atoms with Gasteiger partial charge in [0.15, 0.2) is 0 Å². The van der Waals surface area contributed by atoms with E-state index in [9.17, 15) is 0 Å². The summed E-state index contributed by atoms with van der Waals surface area (Å²) in [6, 6.07) is 7.02. The van der Waals surface area contributed by atoms with E-state index in [1.165, 1.54) is 33.4 Å². The summed E-state index contributed by atoms with van der Waals surface area (Å²) in [5.41, 5.74) is 8.10. The number of nitrogens with zero attached hydrogens (tertiary/aromatic N) is 1. The van der Waals surface area contributed by atoms with Crippen LogP contribution in [-0.4, -0.2) is 11.5 Å². The highest BCUT2D eigenvalue weighted by Crippen LogP contribution is 2.29. The lowest BCUT2D eigenvalue weighted by molar-refractivity contribution is 0.621. The second-order valence-corrected chi connectivity index (χ2v) is 5.71. The van der Waals surface area contributed by atoms with Gasteiger partial charge < -0.3 is 5.32 Å². The Hall–Kier alpha value is -1.67. The predicted molar refractivity (Wildman–Crippen MR) is 89.8 cm³/mol. The Labute approximate surface area is 128 Å². The number of aromatic nitrogens is 1. The lowest BCUT2D eigenvalue weighted by Crippen LogP contribution is -2.24. The predicted octanol–water partition coefficient (Wildman–Crippen LogP) is 4.27. The van der Waals surface area contributed by atoms with Gasteiger partial charge in [-0.05, 0) is 73.2 Å². The van der Waals surface area contributed by atoms with Crippen LogP contribution >= 0.6 is 0 Å². The van der Waals surface area contributed by atoms with Gasteiger partial charge in [-0.1, -0.05) is 26.0 Å².